The van der Waals surface area contributed by atoms with Crippen LogP contribution in [0, 0.1) is 5.82 Å². The number of carbonyl (C=O) groups is 1. The van der Waals surface area contributed by atoms with E-state index in [0.717, 1.165) is 5.56 Å². The summed E-state index contributed by atoms with van der Waals surface area (Å²) in [5, 5.41) is 3.22. The minimum Gasteiger partial charge on any atom is -0.489 e. The number of hydrogen-bond donors (Lipinski definition) is 2. The molecule has 0 bridgehead atoms. The van der Waals surface area contributed by atoms with Crippen molar-refractivity contribution >= 4 is 35.8 Å². The molecule has 0 fully saturated rings. The molecule has 0 spiro atoms. The summed E-state index contributed by atoms with van der Waals surface area (Å²) in [6.07, 6.45) is 0. The van der Waals surface area contributed by atoms with Crippen molar-refractivity contribution in [1.29, 1.82) is 0 Å². The largest absolute Gasteiger partial charge is 0.489 e. The predicted molar refractivity (Wildman–Crippen MR) is 126 cm³/mol. The van der Waals surface area contributed by atoms with Gasteiger partial charge in [0.2, 0.25) is 0 Å². The lowest BCUT2D eigenvalue weighted by Crippen LogP contribution is -2.40. The number of likely N-dealkylation sites (N-methyl/N-ethyl adjacent to an activating group) is 1. The molecule has 0 atom stereocenters. The normalized spacial score (nSPS) is 10.7. The molecule has 164 valence electrons. The second-order valence-corrected chi connectivity index (χ2v) is 6.27. The van der Waals surface area contributed by atoms with Crippen LogP contribution in [0.4, 0.5) is 4.39 Å². The number of amides is 1. The Hall–Kier alpha value is -2.56. The Morgan fingerprint density at radius 3 is 2.67 bits per heavy atom. The summed E-state index contributed by atoms with van der Waals surface area (Å²) in [5.41, 5.74) is 6.03. The second kappa shape index (κ2) is 13.6. The van der Waals surface area contributed by atoms with Gasteiger partial charge in [0.1, 0.15) is 12.4 Å². The molecule has 0 unspecified atom stereocenters. The van der Waals surface area contributed by atoms with Gasteiger partial charge in [-0.05, 0) is 36.8 Å². The number of benzene rings is 2. The van der Waals surface area contributed by atoms with Gasteiger partial charge in [-0.25, -0.2) is 9.38 Å². The summed E-state index contributed by atoms with van der Waals surface area (Å²) in [7, 11) is 1.89. The van der Waals surface area contributed by atoms with Crippen molar-refractivity contribution in [3.8, 4) is 11.5 Å². The Morgan fingerprint density at radius 2 is 1.97 bits per heavy atom. The topological polar surface area (TPSA) is 89.2 Å². The van der Waals surface area contributed by atoms with Crippen molar-refractivity contribution in [2.75, 3.05) is 33.4 Å². The monoisotopic (exact) mass is 530 g/mol. The summed E-state index contributed by atoms with van der Waals surface area (Å²) in [5.74, 6) is 0.591. The Morgan fingerprint density at radius 1 is 1.20 bits per heavy atom. The second-order valence-electron chi connectivity index (χ2n) is 6.27. The van der Waals surface area contributed by atoms with Crippen LogP contribution in [0.5, 0.6) is 11.5 Å². The molecule has 0 radical (unpaired) electrons. The first-order valence-corrected chi connectivity index (χ1v) is 9.36. The molecule has 0 heterocycles. The smallest absolute Gasteiger partial charge is 0.255 e. The van der Waals surface area contributed by atoms with Gasteiger partial charge < -0.3 is 25.4 Å². The Kier molecular flexibility index (Phi) is 11.6. The van der Waals surface area contributed by atoms with Gasteiger partial charge in [0.15, 0.2) is 24.1 Å². The highest BCUT2D eigenvalue weighted by molar-refractivity contribution is 14.0. The van der Waals surface area contributed by atoms with Gasteiger partial charge in [-0.15, -0.1) is 24.0 Å². The number of halogens is 2. The van der Waals surface area contributed by atoms with Gasteiger partial charge in [0, 0.05) is 13.6 Å². The maximum absolute atomic E-state index is 13.6. The molecular weight excluding hydrogens is 502 g/mol. The molecule has 2 aromatic rings. The number of aliphatic imine (C=N–C) groups is 1. The fourth-order valence-corrected chi connectivity index (χ4v) is 2.48. The van der Waals surface area contributed by atoms with Gasteiger partial charge in [0.25, 0.3) is 5.91 Å². The van der Waals surface area contributed by atoms with Crippen molar-refractivity contribution in [2.24, 2.45) is 10.7 Å². The minimum absolute atomic E-state index is 0. The molecular formula is C21H28FIN4O3. The number of ether oxygens (including phenoxy) is 2. The van der Waals surface area contributed by atoms with E-state index in [4.69, 9.17) is 15.2 Å². The van der Waals surface area contributed by atoms with E-state index in [1.807, 2.05) is 37.1 Å². The molecule has 7 nitrogen and oxygen atoms in total. The molecule has 0 aliphatic rings. The van der Waals surface area contributed by atoms with Crippen molar-refractivity contribution in [3.05, 3.63) is 59.9 Å². The zero-order valence-corrected chi connectivity index (χ0v) is 19.5. The van der Waals surface area contributed by atoms with E-state index in [9.17, 15) is 9.18 Å². The van der Waals surface area contributed by atoms with E-state index in [2.05, 4.69) is 10.3 Å². The molecule has 0 aromatic heterocycles. The molecule has 2 aromatic carbocycles. The average molecular weight is 530 g/mol. The number of nitrogens with zero attached hydrogens (tertiary/aromatic N) is 2. The first-order chi connectivity index (χ1) is 14.0. The Balaban J connectivity index is 0.00000450. The van der Waals surface area contributed by atoms with Crippen LogP contribution in [0.3, 0.4) is 0 Å². The molecule has 0 saturated carbocycles. The SMILES string of the molecule is CCNC(=NCc1cccc(OCC(N)=O)c1)N(C)CCOc1ccccc1F.I. The van der Waals surface area contributed by atoms with E-state index >= 15 is 0 Å². The fourth-order valence-electron chi connectivity index (χ4n) is 2.48. The standard InChI is InChI=1S/C21H27FN4O3.HI/c1-3-24-21(26(2)11-12-28-19-10-5-4-9-18(19)22)25-14-16-7-6-8-17(13-16)29-15-20(23)27;/h4-10,13H,3,11-12,14-15H2,1-2H3,(H2,23,27)(H,24,25);1H. The van der Waals surface area contributed by atoms with Crippen LogP contribution in [0.2, 0.25) is 0 Å². The number of primary amides is 1. The number of nitrogens with one attached hydrogen (secondary N) is 1. The Bertz CT molecular complexity index is 835. The summed E-state index contributed by atoms with van der Waals surface area (Å²) in [6, 6.07) is 13.7. The quantitative estimate of drug-likeness (QED) is 0.280. The number of nitrogens with two attached hydrogens (primary N) is 1. The molecule has 1 amide bonds. The summed E-state index contributed by atoms with van der Waals surface area (Å²) in [4.78, 5) is 17.4. The third-order valence-electron chi connectivity index (χ3n) is 3.91. The van der Waals surface area contributed by atoms with E-state index in [1.165, 1.54) is 6.07 Å². The van der Waals surface area contributed by atoms with Crippen LogP contribution in [0.25, 0.3) is 0 Å². The number of para-hydroxylation sites is 1. The molecule has 9 heteroatoms. The lowest BCUT2D eigenvalue weighted by molar-refractivity contribution is -0.119. The predicted octanol–water partition coefficient (Wildman–Crippen LogP) is 2.78. The highest BCUT2D eigenvalue weighted by Gasteiger charge is 2.08. The van der Waals surface area contributed by atoms with Gasteiger partial charge in [-0.3, -0.25) is 4.79 Å². The number of guanidine groups is 1. The first kappa shape index (κ1) is 25.5. The zero-order chi connectivity index (χ0) is 21.1. The average Bonchev–Trinajstić information content (AvgIpc) is 2.71. The molecule has 0 aliphatic carbocycles. The lowest BCUT2D eigenvalue weighted by Gasteiger charge is -2.22. The molecule has 30 heavy (non-hydrogen) atoms. The molecule has 2 rings (SSSR count). The maximum Gasteiger partial charge on any atom is 0.255 e. The summed E-state index contributed by atoms with van der Waals surface area (Å²) >= 11 is 0. The number of carbonyl (C=O) groups excluding carboxylic acids is 1. The van der Waals surface area contributed by atoms with Crippen molar-refractivity contribution in [3.63, 3.8) is 0 Å². The third-order valence-corrected chi connectivity index (χ3v) is 3.91. The highest BCUT2D eigenvalue weighted by Crippen LogP contribution is 2.15. The van der Waals surface area contributed by atoms with Crippen molar-refractivity contribution < 1.29 is 18.7 Å². The number of rotatable bonds is 10. The Labute approximate surface area is 193 Å². The van der Waals surface area contributed by atoms with Gasteiger partial charge >= 0.3 is 0 Å². The van der Waals surface area contributed by atoms with E-state index in [0.29, 0.717) is 38.0 Å². The minimum atomic E-state index is -0.526. The molecule has 0 saturated heterocycles. The van der Waals surface area contributed by atoms with Crippen molar-refractivity contribution in [2.45, 2.75) is 13.5 Å². The fraction of sp³-hybridized carbons (Fsp3) is 0.333. The van der Waals surface area contributed by atoms with Gasteiger partial charge in [-0.2, -0.15) is 0 Å². The highest BCUT2D eigenvalue weighted by atomic mass is 127. The summed E-state index contributed by atoms with van der Waals surface area (Å²) < 4.78 is 24.4. The van der Waals surface area contributed by atoms with Gasteiger partial charge in [-0.1, -0.05) is 24.3 Å². The van der Waals surface area contributed by atoms with Crippen molar-refractivity contribution in [1.82, 2.24) is 10.2 Å². The number of hydrogen-bond acceptors (Lipinski definition) is 4. The third kappa shape index (κ3) is 8.85. The summed E-state index contributed by atoms with van der Waals surface area (Å²) in [6.45, 7) is 3.80. The zero-order valence-electron chi connectivity index (χ0n) is 17.1. The van der Waals surface area contributed by atoms with Crippen LogP contribution >= 0.6 is 24.0 Å². The van der Waals surface area contributed by atoms with Crippen LogP contribution in [-0.2, 0) is 11.3 Å². The molecule has 0 aliphatic heterocycles. The van der Waals surface area contributed by atoms with Crippen LogP contribution in [0.15, 0.2) is 53.5 Å². The lowest BCUT2D eigenvalue weighted by atomic mass is 10.2. The van der Waals surface area contributed by atoms with E-state index < -0.39 is 5.91 Å². The van der Waals surface area contributed by atoms with Crippen LogP contribution in [-0.4, -0.2) is 50.1 Å². The van der Waals surface area contributed by atoms with Crippen LogP contribution in [0.1, 0.15) is 12.5 Å². The van der Waals surface area contributed by atoms with Gasteiger partial charge in [0.05, 0.1) is 13.1 Å². The van der Waals surface area contributed by atoms with Crippen LogP contribution < -0.4 is 20.5 Å². The first-order valence-electron chi connectivity index (χ1n) is 9.36. The van der Waals surface area contributed by atoms with E-state index in [-0.39, 0.29) is 42.2 Å². The van der Waals surface area contributed by atoms with E-state index in [1.54, 1.807) is 24.3 Å². The maximum atomic E-state index is 13.6. The molecule has 3 N–H and O–H groups in total.